The number of rotatable bonds is 5. The van der Waals surface area contributed by atoms with Crippen molar-refractivity contribution < 1.29 is 9.90 Å². The Morgan fingerprint density at radius 1 is 1.35 bits per heavy atom. The molecule has 1 aliphatic heterocycles. The van der Waals surface area contributed by atoms with E-state index in [1.807, 2.05) is 0 Å². The predicted molar refractivity (Wildman–Crippen MR) is 68.8 cm³/mol. The van der Waals surface area contributed by atoms with Gasteiger partial charge >= 0.3 is 0 Å². The summed E-state index contributed by atoms with van der Waals surface area (Å²) in [6, 6.07) is 0.312. The van der Waals surface area contributed by atoms with Crippen LogP contribution in [0.3, 0.4) is 0 Å². The third-order valence-electron chi connectivity index (χ3n) is 3.54. The zero-order chi connectivity index (χ0) is 12.7. The Balaban J connectivity index is 2.30. The Labute approximate surface area is 105 Å². The van der Waals surface area contributed by atoms with Crippen molar-refractivity contribution in [1.29, 1.82) is 0 Å². The van der Waals surface area contributed by atoms with Gasteiger partial charge in [0.1, 0.15) is 0 Å². The number of aliphatic hydroxyl groups is 1. The quantitative estimate of drug-likeness (QED) is 0.785. The van der Waals surface area contributed by atoms with E-state index in [4.69, 9.17) is 0 Å². The number of likely N-dealkylation sites (tertiary alicyclic amines) is 1. The Kier molecular flexibility index (Phi) is 6.52. The second-order valence-corrected chi connectivity index (χ2v) is 5.11. The van der Waals surface area contributed by atoms with Crippen LogP contribution in [-0.4, -0.2) is 60.6 Å². The van der Waals surface area contributed by atoms with Gasteiger partial charge in [-0.1, -0.05) is 12.8 Å². The van der Waals surface area contributed by atoms with Gasteiger partial charge in [-0.3, -0.25) is 9.69 Å². The first kappa shape index (κ1) is 14.5. The Hall–Kier alpha value is -0.610. The lowest BCUT2D eigenvalue weighted by Crippen LogP contribution is -2.38. The first-order valence-corrected chi connectivity index (χ1v) is 6.70. The molecule has 4 nitrogen and oxygen atoms in total. The molecule has 0 aromatic carbocycles. The van der Waals surface area contributed by atoms with Crippen molar-refractivity contribution in [3.63, 3.8) is 0 Å². The Morgan fingerprint density at radius 2 is 2.12 bits per heavy atom. The van der Waals surface area contributed by atoms with Gasteiger partial charge in [-0.15, -0.1) is 0 Å². The predicted octanol–water partition coefficient (Wildman–Crippen LogP) is 1.09. The van der Waals surface area contributed by atoms with Crippen LogP contribution in [0.15, 0.2) is 0 Å². The molecule has 0 spiro atoms. The number of hydrogen-bond donors (Lipinski definition) is 1. The van der Waals surface area contributed by atoms with Crippen LogP contribution in [0.2, 0.25) is 0 Å². The third kappa shape index (κ3) is 5.04. The molecular formula is C13H26N2O2. The van der Waals surface area contributed by atoms with Crippen molar-refractivity contribution in [2.75, 3.05) is 33.8 Å². The number of aliphatic hydroxyl groups excluding tert-OH is 1. The molecule has 17 heavy (non-hydrogen) atoms. The maximum absolute atomic E-state index is 11.5. The monoisotopic (exact) mass is 242 g/mol. The lowest BCUT2D eigenvalue weighted by Gasteiger charge is -2.28. The highest BCUT2D eigenvalue weighted by Crippen LogP contribution is 2.16. The molecule has 1 N–H and O–H groups in total. The summed E-state index contributed by atoms with van der Waals surface area (Å²) < 4.78 is 0. The molecule has 1 atom stereocenters. The van der Waals surface area contributed by atoms with Crippen molar-refractivity contribution in [1.82, 2.24) is 9.80 Å². The molecule has 0 aromatic rings. The smallest absolute Gasteiger partial charge is 0.222 e. The largest absolute Gasteiger partial charge is 0.395 e. The van der Waals surface area contributed by atoms with Crippen LogP contribution in [0.4, 0.5) is 0 Å². The molecule has 1 unspecified atom stereocenters. The minimum absolute atomic E-state index is 0.195. The maximum Gasteiger partial charge on any atom is 0.222 e. The molecule has 4 heteroatoms. The highest BCUT2D eigenvalue weighted by Gasteiger charge is 2.19. The topological polar surface area (TPSA) is 43.8 Å². The normalized spacial score (nSPS) is 22.2. The van der Waals surface area contributed by atoms with E-state index in [0.29, 0.717) is 12.5 Å². The molecule has 0 aromatic heterocycles. The summed E-state index contributed by atoms with van der Waals surface area (Å²) in [6.07, 6.45) is 6.31. The van der Waals surface area contributed by atoms with Crippen LogP contribution in [0.1, 0.15) is 38.5 Å². The van der Waals surface area contributed by atoms with Crippen molar-refractivity contribution in [2.24, 2.45) is 0 Å². The van der Waals surface area contributed by atoms with Crippen molar-refractivity contribution in [3.05, 3.63) is 0 Å². The molecule has 100 valence electrons. The summed E-state index contributed by atoms with van der Waals surface area (Å²) in [7, 11) is 3.59. The highest BCUT2D eigenvalue weighted by molar-refractivity contribution is 5.75. The summed E-state index contributed by atoms with van der Waals surface area (Å²) in [6.45, 7) is 2.26. The zero-order valence-electron chi connectivity index (χ0n) is 11.2. The summed E-state index contributed by atoms with van der Waals surface area (Å²) >= 11 is 0. The minimum atomic E-state index is 0.195. The van der Waals surface area contributed by atoms with E-state index < -0.39 is 0 Å². The second kappa shape index (κ2) is 7.67. The van der Waals surface area contributed by atoms with E-state index in [9.17, 15) is 9.90 Å². The fourth-order valence-corrected chi connectivity index (χ4v) is 2.39. The van der Waals surface area contributed by atoms with Crippen molar-refractivity contribution >= 4 is 5.91 Å². The van der Waals surface area contributed by atoms with Crippen LogP contribution in [0.5, 0.6) is 0 Å². The lowest BCUT2D eigenvalue weighted by atomic mass is 10.1. The Morgan fingerprint density at radius 3 is 2.76 bits per heavy atom. The SMILES string of the molecule is CN(C)C(=O)CCCN1CCCCCC1CO. The molecule has 0 saturated carbocycles. The van der Waals surface area contributed by atoms with Gasteiger partial charge < -0.3 is 10.0 Å². The molecule has 1 heterocycles. The van der Waals surface area contributed by atoms with Gasteiger partial charge in [0.2, 0.25) is 5.91 Å². The van der Waals surface area contributed by atoms with Crippen molar-refractivity contribution in [2.45, 2.75) is 44.6 Å². The van der Waals surface area contributed by atoms with Gasteiger partial charge in [0.05, 0.1) is 6.61 Å². The van der Waals surface area contributed by atoms with Crippen LogP contribution < -0.4 is 0 Å². The fourth-order valence-electron chi connectivity index (χ4n) is 2.39. The van der Waals surface area contributed by atoms with E-state index in [-0.39, 0.29) is 12.5 Å². The fraction of sp³-hybridized carbons (Fsp3) is 0.923. The first-order chi connectivity index (χ1) is 8.15. The number of amides is 1. The molecular weight excluding hydrogens is 216 g/mol. The summed E-state index contributed by atoms with van der Waals surface area (Å²) in [5.74, 6) is 0.195. The summed E-state index contributed by atoms with van der Waals surface area (Å²) in [5, 5.41) is 9.37. The van der Waals surface area contributed by atoms with Gasteiger partial charge in [0, 0.05) is 26.6 Å². The number of carbonyl (C=O) groups is 1. The maximum atomic E-state index is 11.5. The molecule has 1 rings (SSSR count). The molecule has 0 bridgehead atoms. The number of carbonyl (C=O) groups excluding carboxylic acids is 1. The molecule has 1 amide bonds. The lowest BCUT2D eigenvalue weighted by molar-refractivity contribution is -0.128. The van der Waals surface area contributed by atoms with Crippen LogP contribution in [0.25, 0.3) is 0 Å². The summed E-state index contributed by atoms with van der Waals surface area (Å²) in [4.78, 5) is 15.5. The van der Waals surface area contributed by atoms with Gasteiger partial charge in [-0.05, 0) is 32.4 Å². The standard InChI is InChI=1S/C13H26N2O2/c1-14(2)13(17)8-6-10-15-9-5-3-4-7-12(15)11-16/h12,16H,3-11H2,1-2H3. The highest BCUT2D eigenvalue weighted by atomic mass is 16.3. The molecule has 1 aliphatic rings. The second-order valence-electron chi connectivity index (χ2n) is 5.11. The zero-order valence-corrected chi connectivity index (χ0v) is 11.2. The van der Waals surface area contributed by atoms with Crippen molar-refractivity contribution in [3.8, 4) is 0 Å². The van der Waals surface area contributed by atoms with Crippen LogP contribution >= 0.6 is 0 Å². The molecule has 1 saturated heterocycles. The number of nitrogens with zero attached hydrogens (tertiary/aromatic N) is 2. The molecule has 1 fully saturated rings. The average molecular weight is 242 g/mol. The average Bonchev–Trinajstić information content (AvgIpc) is 2.53. The Bertz CT molecular complexity index is 231. The van der Waals surface area contributed by atoms with E-state index >= 15 is 0 Å². The summed E-state index contributed by atoms with van der Waals surface area (Å²) in [5.41, 5.74) is 0. The van der Waals surface area contributed by atoms with E-state index in [0.717, 1.165) is 25.9 Å². The van der Waals surface area contributed by atoms with Crippen LogP contribution in [0, 0.1) is 0 Å². The van der Waals surface area contributed by atoms with E-state index in [1.54, 1.807) is 19.0 Å². The van der Waals surface area contributed by atoms with E-state index in [1.165, 1.54) is 19.3 Å². The third-order valence-corrected chi connectivity index (χ3v) is 3.54. The van der Waals surface area contributed by atoms with Crippen LogP contribution in [-0.2, 0) is 4.79 Å². The minimum Gasteiger partial charge on any atom is -0.395 e. The van der Waals surface area contributed by atoms with Gasteiger partial charge in [0.15, 0.2) is 0 Å². The van der Waals surface area contributed by atoms with E-state index in [2.05, 4.69) is 4.90 Å². The number of hydrogen-bond acceptors (Lipinski definition) is 3. The van der Waals surface area contributed by atoms with Gasteiger partial charge in [-0.2, -0.15) is 0 Å². The van der Waals surface area contributed by atoms with Gasteiger partial charge in [-0.25, -0.2) is 0 Å². The molecule has 0 radical (unpaired) electrons. The first-order valence-electron chi connectivity index (χ1n) is 6.70. The van der Waals surface area contributed by atoms with Gasteiger partial charge in [0.25, 0.3) is 0 Å². The molecule has 0 aliphatic carbocycles.